The number of nitrogens with zero attached hydrogens (tertiary/aromatic N) is 3. The predicted molar refractivity (Wildman–Crippen MR) is 275 cm³/mol. The highest BCUT2D eigenvalue weighted by molar-refractivity contribution is 5.83. The first-order valence-corrected chi connectivity index (χ1v) is 24.6. The summed E-state index contributed by atoms with van der Waals surface area (Å²) < 4.78 is 31.0. The molecule has 0 aliphatic rings. The molecule has 0 unspecified atom stereocenters. The van der Waals surface area contributed by atoms with Gasteiger partial charge in [0.1, 0.15) is 45.7 Å². The van der Waals surface area contributed by atoms with Gasteiger partial charge in [-0.25, -0.2) is 38.4 Å². The summed E-state index contributed by atoms with van der Waals surface area (Å²) in [5.74, 6) is -3.46. The zero-order chi connectivity index (χ0) is 58.9. The first-order valence-electron chi connectivity index (χ1n) is 24.6. The third-order valence-electron chi connectivity index (χ3n) is 8.61. The van der Waals surface area contributed by atoms with Crippen molar-refractivity contribution in [2.75, 3.05) is 59.4 Å². The van der Waals surface area contributed by atoms with E-state index in [-0.39, 0.29) is 78.0 Å². The van der Waals surface area contributed by atoms with Crippen LogP contribution in [0.2, 0.25) is 0 Å². The SMILES string of the molecule is CC(C)(C)OC(=O)NCCN(CCNC(=O)OC(C)(C)C)C(=O)CC[C@H](NC(=O)OC(C)(C)C)C(=O)O.CN(C(=O)OC(C)(C)C)[C@@H](CCC(=O)N(CCNC(=O)OC(C)(C)C)CCNC(=O)OC(C)(C)C)C(=O)O. The lowest BCUT2D eigenvalue weighted by molar-refractivity contribution is -0.143. The molecule has 0 rings (SSSR count). The Kier molecular flexibility index (Phi) is 29.5. The fraction of sp³-hybridized carbons (Fsp3) is 0.796. The number of hydrogen-bond donors (Lipinski definition) is 7. The van der Waals surface area contributed by atoms with Crippen molar-refractivity contribution in [3.05, 3.63) is 0 Å². The van der Waals surface area contributed by atoms with Crippen LogP contribution in [0.3, 0.4) is 0 Å². The summed E-state index contributed by atoms with van der Waals surface area (Å²) in [6.07, 6.45) is -5.12. The molecule has 26 nitrogen and oxygen atoms in total. The fourth-order valence-electron chi connectivity index (χ4n) is 5.65. The molecule has 8 amide bonds. The number of carboxylic acid groups (broad SMARTS) is 2. The standard InChI is InChI=1S/C25H46N4O9.C24H44N4O9/c1-23(2,3)36-20(33)26-13-15-29(16-14-27-21(34)37-24(4,5)6)18(30)12-11-17(19(31)32)28(10)22(35)38-25(7,8)9;1-22(2,3)35-19(32)25-12-14-28(15-13-26-20(33)36-23(4,5)6)17(29)11-10-16(18(30)31)27-21(34)37-24(7,8)9/h17H,11-16H2,1-10H3,(H,26,33)(H,27,34)(H,31,32);16H,10-15H2,1-9H3,(H,25,32)(H,26,33)(H,27,34)(H,30,31)/t17-;16-/m00/s1. The van der Waals surface area contributed by atoms with Crippen molar-refractivity contribution in [3.8, 4) is 0 Å². The number of likely N-dealkylation sites (N-methyl/N-ethyl adjacent to an activating group) is 1. The molecule has 0 heterocycles. The van der Waals surface area contributed by atoms with Gasteiger partial charge in [-0.05, 0) is 137 Å². The van der Waals surface area contributed by atoms with Crippen LogP contribution >= 0.6 is 0 Å². The van der Waals surface area contributed by atoms with E-state index >= 15 is 0 Å². The largest absolute Gasteiger partial charge is 0.480 e. The fourth-order valence-corrected chi connectivity index (χ4v) is 5.65. The monoisotopic (exact) mass is 1080 g/mol. The van der Waals surface area contributed by atoms with E-state index in [0.29, 0.717) is 0 Å². The molecule has 7 N–H and O–H groups in total. The van der Waals surface area contributed by atoms with Gasteiger partial charge in [-0.1, -0.05) is 0 Å². The van der Waals surface area contributed by atoms with Crippen LogP contribution in [0.4, 0.5) is 28.8 Å². The Balaban J connectivity index is 0. The second-order valence-electron chi connectivity index (χ2n) is 23.0. The minimum atomic E-state index is -1.35. The number of carbonyl (C=O) groups excluding carboxylic acids is 8. The summed E-state index contributed by atoms with van der Waals surface area (Å²) in [5, 5.41) is 31.6. The number of carbonyl (C=O) groups is 10. The Morgan fingerprint density at radius 1 is 0.400 bits per heavy atom. The molecule has 0 saturated carbocycles. The van der Waals surface area contributed by atoms with E-state index in [4.69, 9.17) is 28.4 Å². The van der Waals surface area contributed by atoms with E-state index in [1.807, 2.05) is 0 Å². The molecule has 0 bridgehead atoms. The maximum absolute atomic E-state index is 13.0. The van der Waals surface area contributed by atoms with E-state index in [1.54, 1.807) is 125 Å². The number of ether oxygens (including phenoxy) is 6. The number of carboxylic acids is 2. The molecule has 0 aromatic heterocycles. The highest BCUT2D eigenvalue weighted by Crippen LogP contribution is 2.16. The Morgan fingerprint density at radius 2 is 0.667 bits per heavy atom. The Bertz CT molecular complexity index is 1820. The lowest BCUT2D eigenvalue weighted by Crippen LogP contribution is -2.46. The molecule has 26 heteroatoms. The van der Waals surface area contributed by atoms with Crippen LogP contribution in [0.15, 0.2) is 0 Å². The summed E-state index contributed by atoms with van der Waals surface area (Å²) in [7, 11) is 1.30. The highest BCUT2D eigenvalue weighted by Gasteiger charge is 2.32. The lowest BCUT2D eigenvalue weighted by atomic mass is 10.1. The van der Waals surface area contributed by atoms with Gasteiger partial charge < -0.3 is 75.0 Å². The van der Waals surface area contributed by atoms with Crippen LogP contribution in [-0.4, -0.2) is 190 Å². The first-order chi connectivity index (χ1) is 33.8. The molecule has 0 fully saturated rings. The summed E-state index contributed by atoms with van der Waals surface area (Å²) in [6.45, 7) is 31.1. The van der Waals surface area contributed by atoms with Crippen molar-refractivity contribution in [2.24, 2.45) is 0 Å². The summed E-state index contributed by atoms with van der Waals surface area (Å²) in [5.41, 5.74) is -4.40. The molecule has 434 valence electrons. The number of nitrogens with one attached hydrogen (secondary N) is 5. The molecule has 0 aromatic rings. The molecule has 0 spiro atoms. The number of amides is 8. The molecule has 0 aliphatic carbocycles. The van der Waals surface area contributed by atoms with Gasteiger partial charge in [0.25, 0.3) is 0 Å². The zero-order valence-electron chi connectivity index (χ0n) is 47.9. The first kappa shape index (κ1) is 70.6. The number of rotatable bonds is 22. The van der Waals surface area contributed by atoms with E-state index in [0.717, 1.165) is 4.90 Å². The summed E-state index contributed by atoms with van der Waals surface area (Å²) in [4.78, 5) is 125. The van der Waals surface area contributed by atoms with Gasteiger partial charge in [0.15, 0.2) is 0 Å². The predicted octanol–water partition coefficient (Wildman–Crippen LogP) is 5.59. The third kappa shape index (κ3) is 39.6. The quantitative estimate of drug-likeness (QED) is 0.0650. The Morgan fingerprint density at radius 3 is 0.920 bits per heavy atom. The maximum atomic E-state index is 13.0. The molecule has 2 atom stereocenters. The van der Waals surface area contributed by atoms with Gasteiger partial charge in [0.2, 0.25) is 11.8 Å². The zero-order valence-corrected chi connectivity index (χ0v) is 47.9. The summed E-state index contributed by atoms with van der Waals surface area (Å²) in [6, 6.07) is -2.64. The Hall–Kier alpha value is -6.50. The second kappa shape index (κ2) is 31.4. The molecule has 0 aromatic carbocycles. The van der Waals surface area contributed by atoms with Crippen molar-refractivity contribution in [1.29, 1.82) is 0 Å². The van der Waals surface area contributed by atoms with Crippen LogP contribution in [0, 0.1) is 0 Å². The van der Waals surface area contributed by atoms with E-state index < -0.39 is 106 Å². The van der Waals surface area contributed by atoms with Crippen LogP contribution in [0.5, 0.6) is 0 Å². The lowest BCUT2D eigenvalue weighted by Gasteiger charge is -2.29. The van der Waals surface area contributed by atoms with Crippen LogP contribution in [0.25, 0.3) is 0 Å². The molecular weight excluding hydrogens is 989 g/mol. The third-order valence-corrected chi connectivity index (χ3v) is 8.61. The van der Waals surface area contributed by atoms with Gasteiger partial charge in [-0.3, -0.25) is 14.5 Å². The van der Waals surface area contributed by atoms with Crippen molar-refractivity contribution >= 4 is 60.3 Å². The normalized spacial score (nSPS) is 12.6. The second-order valence-corrected chi connectivity index (χ2v) is 23.0. The maximum Gasteiger partial charge on any atom is 0.410 e. The van der Waals surface area contributed by atoms with Crippen LogP contribution in [-0.2, 0) is 47.6 Å². The van der Waals surface area contributed by atoms with E-state index in [1.165, 1.54) is 16.8 Å². The highest BCUT2D eigenvalue weighted by atomic mass is 16.6. The van der Waals surface area contributed by atoms with Crippen LogP contribution in [0.1, 0.15) is 150 Å². The molecule has 75 heavy (non-hydrogen) atoms. The number of aliphatic carboxylic acids is 2. The smallest absolute Gasteiger partial charge is 0.410 e. The minimum absolute atomic E-state index is 0.0611. The van der Waals surface area contributed by atoms with Gasteiger partial charge in [-0.15, -0.1) is 0 Å². The molecule has 0 aliphatic heterocycles. The van der Waals surface area contributed by atoms with Crippen molar-refractivity contribution < 1.29 is 86.6 Å². The molecule has 0 radical (unpaired) electrons. The van der Waals surface area contributed by atoms with Gasteiger partial charge in [-0.2, -0.15) is 0 Å². The van der Waals surface area contributed by atoms with Gasteiger partial charge >= 0.3 is 48.5 Å². The minimum Gasteiger partial charge on any atom is -0.480 e. The topological polar surface area (TPSA) is 336 Å². The number of hydrogen-bond acceptors (Lipinski definition) is 16. The average Bonchev–Trinajstić information content (AvgIpc) is 3.17. The van der Waals surface area contributed by atoms with Crippen molar-refractivity contribution in [2.45, 2.75) is 196 Å². The molecule has 0 saturated heterocycles. The van der Waals surface area contributed by atoms with E-state index in [2.05, 4.69) is 26.6 Å². The van der Waals surface area contributed by atoms with Crippen molar-refractivity contribution in [3.63, 3.8) is 0 Å². The average molecular weight is 1080 g/mol. The molecular formula is C49H90N8O18. The van der Waals surface area contributed by atoms with E-state index in [9.17, 15) is 58.2 Å². The van der Waals surface area contributed by atoms with Gasteiger partial charge in [0, 0.05) is 72.2 Å². The van der Waals surface area contributed by atoms with Crippen molar-refractivity contribution in [1.82, 2.24) is 41.3 Å². The Labute approximate surface area is 442 Å². The number of alkyl carbamates (subject to hydrolysis) is 5. The summed E-state index contributed by atoms with van der Waals surface area (Å²) >= 11 is 0. The van der Waals surface area contributed by atoms with Gasteiger partial charge in [0.05, 0.1) is 0 Å². The van der Waals surface area contributed by atoms with Crippen LogP contribution < -0.4 is 26.6 Å².